The first-order valence-electron chi connectivity index (χ1n) is 5.42. The van der Waals surface area contributed by atoms with E-state index in [1.54, 1.807) is 7.11 Å². The molecule has 0 aliphatic carbocycles. The Morgan fingerprint density at radius 1 is 1.33 bits per heavy atom. The summed E-state index contributed by atoms with van der Waals surface area (Å²) in [5.41, 5.74) is 1.26. The van der Waals surface area contributed by atoms with E-state index in [-0.39, 0.29) is 6.10 Å². The summed E-state index contributed by atoms with van der Waals surface area (Å²) in [6.45, 7) is 6.33. The van der Waals surface area contributed by atoms with Gasteiger partial charge in [-0.1, -0.05) is 31.2 Å². The zero-order valence-corrected chi connectivity index (χ0v) is 11.1. The van der Waals surface area contributed by atoms with Gasteiger partial charge in [-0.15, -0.1) is 0 Å². The second kappa shape index (κ2) is 6.05. The van der Waals surface area contributed by atoms with E-state index in [9.17, 15) is 0 Å². The highest BCUT2D eigenvalue weighted by atomic mass is 28.3. The highest BCUT2D eigenvalue weighted by Crippen LogP contribution is 2.03. The minimum absolute atomic E-state index is 0.279. The summed E-state index contributed by atoms with van der Waals surface area (Å²) >= 11 is 0. The van der Waals surface area contributed by atoms with E-state index in [1.165, 1.54) is 10.8 Å². The number of hydrogen-bond acceptors (Lipinski definition) is 2. The monoisotopic (exact) mass is 224 g/mol. The molecule has 1 aromatic rings. The highest BCUT2D eigenvalue weighted by molar-refractivity contribution is 6.61. The minimum Gasteiger partial charge on any atom is -0.397 e. The van der Waals surface area contributed by atoms with Gasteiger partial charge in [0.1, 0.15) is 0 Å². The summed E-state index contributed by atoms with van der Waals surface area (Å²) in [5.74, 6) is 0. The summed E-state index contributed by atoms with van der Waals surface area (Å²) in [6.07, 6.45) is 1.31. The summed E-state index contributed by atoms with van der Waals surface area (Å²) in [7, 11) is 0.0556. The summed E-state index contributed by atoms with van der Waals surface area (Å²) in [6, 6.07) is 8.30. The molecule has 0 fully saturated rings. The predicted molar refractivity (Wildman–Crippen MR) is 65.8 cm³/mol. The van der Waals surface area contributed by atoms with Crippen LogP contribution in [0.1, 0.15) is 25.8 Å². The van der Waals surface area contributed by atoms with Gasteiger partial charge in [0.2, 0.25) is 0 Å². The fourth-order valence-corrected chi connectivity index (χ4v) is 3.28. The first kappa shape index (κ1) is 12.4. The molecule has 1 rings (SSSR count). The molecule has 0 amide bonds. The summed E-state index contributed by atoms with van der Waals surface area (Å²) in [5, 5.41) is 1.25. The number of hydrogen-bond donors (Lipinski definition) is 0. The van der Waals surface area contributed by atoms with Crippen LogP contribution in [0.5, 0.6) is 0 Å². The van der Waals surface area contributed by atoms with Gasteiger partial charge >= 0.3 is 9.28 Å². The molecule has 2 unspecified atom stereocenters. The van der Waals surface area contributed by atoms with Crippen molar-refractivity contribution in [2.45, 2.75) is 33.3 Å². The first-order chi connectivity index (χ1) is 7.19. The molecule has 0 aromatic heterocycles. The van der Waals surface area contributed by atoms with Crippen LogP contribution in [0.25, 0.3) is 0 Å². The summed E-state index contributed by atoms with van der Waals surface area (Å²) in [4.78, 5) is 0. The quantitative estimate of drug-likeness (QED) is 0.711. The maximum Gasteiger partial charge on any atom is 0.356 e. The van der Waals surface area contributed by atoms with Crippen molar-refractivity contribution >= 4 is 14.5 Å². The Balaban J connectivity index is 2.78. The molecular weight excluding hydrogens is 204 g/mol. The van der Waals surface area contributed by atoms with E-state index in [2.05, 4.69) is 32.9 Å². The lowest BCUT2D eigenvalue weighted by atomic mass is 10.2. The van der Waals surface area contributed by atoms with E-state index < -0.39 is 9.28 Å². The van der Waals surface area contributed by atoms with Gasteiger partial charge in [-0.3, -0.25) is 0 Å². The molecule has 0 N–H and O–H groups in total. The van der Waals surface area contributed by atoms with Gasteiger partial charge in [-0.25, -0.2) is 0 Å². The topological polar surface area (TPSA) is 18.5 Å². The van der Waals surface area contributed by atoms with E-state index in [1.807, 2.05) is 12.1 Å². The Hall–Kier alpha value is -0.643. The lowest BCUT2D eigenvalue weighted by Crippen LogP contribution is -2.39. The predicted octanol–water partition coefficient (Wildman–Crippen LogP) is 1.88. The third-order valence-electron chi connectivity index (χ3n) is 2.59. The summed E-state index contributed by atoms with van der Waals surface area (Å²) < 4.78 is 11.4. The van der Waals surface area contributed by atoms with Gasteiger partial charge in [-0.2, -0.15) is 0 Å². The molecule has 15 heavy (non-hydrogen) atoms. The molecule has 1 aromatic carbocycles. The van der Waals surface area contributed by atoms with Gasteiger partial charge in [0.05, 0.1) is 0 Å². The Morgan fingerprint density at radius 3 is 2.53 bits per heavy atom. The molecule has 0 aliphatic rings. The van der Waals surface area contributed by atoms with Crippen LogP contribution in [0.4, 0.5) is 0 Å². The second-order valence-corrected chi connectivity index (χ2v) is 5.81. The Morgan fingerprint density at radius 2 is 2.00 bits per heavy atom. The molecule has 2 nitrogen and oxygen atoms in total. The van der Waals surface area contributed by atoms with Crippen molar-refractivity contribution in [2.24, 2.45) is 0 Å². The lowest BCUT2D eigenvalue weighted by Gasteiger charge is -2.20. The fraction of sp³-hybridized carbons (Fsp3) is 0.500. The zero-order chi connectivity index (χ0) is 11.3. The third kappa shape index (κ3) is 3.45. The van der Waals surface area contributed by atoms with Crippen LogP contribution in [0.2, 0.25) is 0 Å². The second-order valence-electron chi connectivity index (χ2n) is 3.78. The van der Waals surface area contributed by atoms with Crippen LogP contribution in [-0.4, -0.2) is 22.5 Å². The van der Waals surface area contributed by atoms with E-state index >= 15 is 0 Å². The molecular formula is C12H20O2Si. The molecule has 0 aliphatic heterocycles. The number of rotatable bonds is 5. The van der Waals surface area contributed by atoms with Crippen molar-refractivity contribution in [1.82, 2.24) is 0 Å². The molecule has 0 saturated carbocycles. The van der Waals surface area contributed by atoms with Crippen molar-refractivity contribution < 1.29 is 8.85 Å². The maximum absolute atomic E-state index is 5.93. The van der Waals surface area contributed by atoms with Gasteiger partial charge in [-0.05, 0) is 31.0 Å². The van der Waals surface area contributed by atoms with Crippen molar-refractivity contribution in [3.8, 4) is 0 Å². The Labute approximate surface area is 94.1 Å². The third-order valence-corrected chi connectivity index (χ3v) is 4.88. The van der Waals surface area contributed by atoms with Crippen molar-refractivity contribution in [2.75, 3.05) is 7.11 Å². The molecule has 2 atom stereocenters. The van der Waals surface area contributed by atoms with Crippen LogP contribution < -0.4 is 5.19 Å². The zero-order valence-electron chi connectivity index (χ0n) is 9.99. The minimum atomic E-state index is -1.69. The van der Waals surface area contributed by atoms with Gasteiger partial charge < -0.3 is 8.85 Å². The molecule has 3 heteroatoms. The van der Waals surface area contributed by atoms with Crippen molar-refractivity contribution in [3.05, 3.63) is 29.8 Å². The average molecular weight is 224 g/mol. The Bertz CT molecular complexity index is 301. The van der Waals surface area contributed by atoms with E-state index in [0.29, 0.717) is 0 Å². The van der Waals surface area contributed by atoms with Crippen LogP contribution in [0, 0.1) is 6.92 Å². The van der Waals surface area contributed by atoms with Crippen LogP contribution in [0.15, 0.2) is 24.3 Å². The van der Waals surface area contributed by atoms with Crippen molar-refractivity contribution in [3.63, 3.8) is 0 Å². The first-order valence-corrected chi connectivity index (χ1v) is 6.94. The molecule has 0 bridgehead atoms. The van der Waals surface area contributed by atoms with Crippen LogP contribution in [0.3, 0.4) is 0 Å². The fourth-order valence-electron chi connectivity index (χ4n) is 1.41. The van der Waals surface area contributed by atoms with Crippen molar-refractivity contribution in [1.29, 1.82) is 0 Å². The normalized spacial score (nSPS) is 14.9. The van der Waals surface area contributed by atoms with Crippen LogP contribution >= 0.6 is 0 Å². The highest BCUT2D eigenvalue weighted by Gasteiger charge is 2.19. The van der Waals surface area contributed by atoms with E-state index in [0.717, 1.165) is 6.42 Å². The van der Waals surface area contributed by atoms with Gasteiger partial charge in [0.15, 0.2) is 0 Å². The van der Waals surface area contributed by atoms with Crippen LogP contribution in [-0.2, 0) is 8.85 Å². The Kier molecular flexibility index (Phi) is 5.01. The smallest absolute Gasteiger partial charge is 0.356 e. The average Bonchev–Trinajstić information content (AvgIpc) is 2.26. The molecule has 0 saturated heterocycles. The molecule has 0 spiro atoms. The SMILES string of the molecule is CCC(C)O[SiH](OC)c1ccccc1C. The maximum atomic E-state index is 5.93. The van der Waals surface area contributed by atoms with E-state index in [4.69, 9.17) is 8.85 Å². The number of benzene rings is 1. The number of aryl methyl sites for hydroxylation is 1. The molecule has 84 valence electrons. The lowest BCUT2D eigenvalue weighted by molar-refractivity contribution is 0.170. The van der Waals surface area contributed by atoms with Gasteiger partial charge in [0, 0.05) is 13.2 Å². The van der Waals surface area contributed by atoms with Gasteiger partial charge in [0.25, 0.3) is 0 Å². The molecule has 0 heterocycles. The largest absolute Gasteiger partial charge is 0.397 e. The molecule has 0 radical (unpaired) electrons. The standard InChI is InChI=1S/C12H20O2Si/c1-5-11(3)14-15(13-4)12-9-7-6-8-10(12)2/h6-9,11,15H,5H2,1-4H3.